The highest BCUT2D eigenvalue weighted by atomic mass is 32.1. The fourth-order valence-electron chi connectivity index (χ4n) is 2.72. The molecule has 0 aliphatic carbocycles. The number of hydrogen-bond acceptors (Lipinski definition) is 3. The summed E-state index contributed by atoms with van der Waals surface area (Å²) in [6.07, 6.45) is 2.36. The first kappa shape index (κ1) is 18.4. The van der Waals surface area contributed by atoms with Crippen LogP contribution in [-0.2, 0) is 11.2 Å². The number of thiophene rings is 1. The van der Waals surface area contributed by atoms with Gasteiger partial charge in [0.25, 0.3) is 0 Å². The van der Waals surface area contributed by atoms with Crippen molar-refractivity contribution >= 4 is 23.0 Å². The van der Waals surface area contributed by atoms with Crippen molar-refractivity contribution in [1.82, 2.24) is 5.32 Å². The first-order valence-electron chi connectivity index (χ1n) is 8.39. The van der Waals surface area contributed by atoms with Gasteiger partial charge in [0.15, 0.2) is 5.78 Å². The second-order valence-corrected chi connectivity index (χ2v) is 7.70. The molecule has 1 aromatic carbocycles. The third kappa shape index (κ3) is 5.60. The van der Waals surface area contributed by atoms with Gasteiger partial charge in [0.05, 0.1) is 0 Å². The Morgan fingerprint density at radius 3 is 2.46 bits per heavy atom. The lowest BCUT2D eigenvalue weighted by atomic mass is 10.1. The molecule has 0 saturated heterocycles. The van der Waals surface area contributed by atoms with E-state index in [9.17, 15) is 9.59 Å². The van der Waals surface area contributed by atoms with E-state index < -0.39 is 0 Å². The van der Waals surface area contributed by atoms with E-state index in [0.717, 1.165) is 28.2 Å². The van der Waals surface area contributed by atoms with Crippen LogP contribution in [-0.4, -0.2) is 17.7 Å². The maximum Gasteiger partial charge on any atom is 0.220 e. The molecule has 1 atom stereocenters. The van der Waals surface area contributed by atoms with Crippen LogP contribution in [0.15, 0.2) is 36.4 Å². The number of carbonyl (C=O) groups excluding carboxylic acids is 2. The van der Waals surface area contributed by atoms with Crippen molar-refractivity contribution in [1.29, 1.82) is 0 Å². The maximum atomic E-state index is 12.2. The predicted octanol–water partition coefficient (Wildman–Crippen LogP) is 4.47. The predicted molar refractivity (Wildman–Crippen MR) is 99.7 cm³/mol. The summed E-state index contributed by atoms with van der Waals surface area (Å²) in [7, 11) is 0. The van der Waals surface area contributed by atoms with Crippen LogP contribution in [0.1, 0.15) is 51.9 Å². The number of benzene rings is 1. The Labute approximate surface area is 148 Å². The number of amides is 1. The van der Waals surface area contributed by atoms with Crippen molar-refractivity contribution < 1.29 is 9.59 Å². The fourth-order valence-corrected chi connectivity index (χ4v) is 3.66. The minimum absolute atomic E-state index is 0.0477. The van der Waals surface area contributed by atoms with Crippen molar-refractivity contribution in [2.75, 3.05) is 0 Å². The summed E-state index contributed by atoms with van der Waals surface area (Å²) in [5.41, 5.74) is 2.04. The minimum atomic E-state index is -0.0477. The number of rotatable bonds is 8. The summed E-state index contributed by atoms with van der Waals surface area (Å²) >= 11 is 1.63. The third-order valence-electron chi connectivity index (χ3n) is 4.04. The number of carbonyl (C=O) groups is 2. The van der Waals surface area contributed by atoms with Crippen LogP contribution in [0, 0.1) is 13.8 Å². The van der Waals surface area contributed by atoms with E-state index in [1.807, 2.05) is 45.0 Å². The van der Waals surface area contributed by atoms with Crippen LogP contribution in [0.5, 0.6) is 0 Å². The molecule has 3 nitrogen and oxygen atoms in total. The van der Waals surface area contributed by atoms with Crippen LogP contribution in [0.4, 0.5) is 0 Å². The van der Waals surface area contributed by atoms with Crippen molar-refractivity contribution in [2.45, 2.75) is 52.5 Å². The maximum absolute atomic E-state index is 12.2. The molecule has 0 fully saturated rings. The molecular formula is C20H25NO2S. The lowest BCUT2D eigenvalue weighted by Gasteiger charge is -2.13. The van der Waals surface area contributed by atoms with Gasteiger partial charge >= 0.3 is 0 Å². The van der Waals surface area contributed by atoms with Crippen LogP contribution >= 0.6 is 11.3 Å². The van der Waals surface area contributed by atoms with Crippen molar-refractivity contribution in [2.24, 2.45) is 0 Å². The Balaban J connectivity index is 1.72. The topological polar surface area (TPSA) is 46.2 Å². The summed E-state index contributed by atoms with van der Waals surface area (Å²) in [4.78, 5) is 26.4. The zero-order chi connectivity index (χ0) is 17.5. The highest BCUT2D eigenvalue weighted by Crippen LogP contribution is 2.22. The van der Waals surface area contributed by atoms with Gasteiger partial charge in [-0.25, -0.2) is 0 Å². The summed E-state index contributed by atoms with van der Waals surface area (Å²) < 4.78 is 0. The van der Waals surface area contributed by atoms with Crippen LogP contribution in [0.2, 0.25) is 0 Å². The molecular weight excluding hydrogens is 318 g/mol. The molecule has 4 heteroatoms. The molecule has 0 bridgehead atoms. The Bertz CT molecular complexity index is 691. The van der Waals surface area contributed by atoms with Gasteiger partial charge in [0, 0.05) is 34.2 Å². The molecule has 2 rings (SSSR count). The Morgan fingerprint density at radius 1 is 1.12 bits per heavy atom. The second kappa shape index (κ2) is 8.78. The highest BCUT2D eigenvalue weighted by Gasteiger charge is 2.14. The zero-order valence-electron chi connectivity index (χ0n) is 14.6. The molecule has 0 aliphatic heterocycles. The molecule has 1 heterocycles. The standard InChI is InChI=1S/C20H25NO2S/c1-14(9-10-17-7-5-4-6-8-17)21-20(23)12-11-19(22)18-13-15(2)24-16(18)3/h4-8,13-14H,9-12H2,1-3H3,(H,21,23). The van der Waals surface area contributed by atoms with Gasteiger partial charge < -0.3 is 5.32 Å². The number of ketones is 1. The van der Waals surface area contributed by atoms with Crippen molar-refractivity contribution in [3.8, 4) is 0 Å². The van der Waals surface area contributed by atoms with E-state index in [4.69, 9.17) is 0 Å². The molecule has 1 unspecified atom stereocenters. The van der Waals surface area contributed by atoms with Gasteiger partial charge in [-0.1, -0.05) is 30.3 Å². The average Bonchev–Trinajstić information content (AvgIpc) is 2.90. The van der Waals surface area contributed by atoms with E-state index in [1.165, 1.54) is 5.56 Å². The first-order chi connectivity index (χ1) is 11.5. The lowest BCUT2D eigenvalue weighted by molar-refractivity contribution is -0.121. The van der Waals surface area contributed by atoms with Gasteiger partial charge in [-0.05, 0) is 45.2 Å². The van der Waals surface area contributed by atoms with E-state index >= 15 is 0 Å². The number of nitrogens with one attached hydrogen (secondary N) is 1. The van der Waals surface area contributed by atoms with E-state index in [0.29, 0.717) is 0 Å². The molecule has 24 heavy (non-hydrogen) atoms. The SMILES string of the molecule is Cc1cc(C(=O)CCC(=O)NC(C)CCc2ccccc2)c(C)s1. The van der Waals surface area contributed by atoms with E-state index in [1.54, 1.807) is 11.3 Å². The molecule has 1 amide bonds. The molecule has 2 aromatic rings. The van der Waals surface area contributed by atoms with Crippen LogP contribution in [0.3, 0.4) is 0 Å². The fraction of sp³-hybridized carbons (Fsp3) is 0.400. The van der Waals surface area contributed by atoms with E-state index in [-0.39, 0.29) is 30.6 Å². The Hall–Kier alpha value is -1.94. The van der Waals surface area contributed by atoms with Gasteiger partial charge in [-0.2, -0.15) is 0 Å². The third-order valence-corrected chi connectivity index (χ3v) is 5.00. The zero-order valence-corrected chi connectivity index (χ0v) is 15.4. The largest absolute Gasteiger partial charge is 0.354 e. The molecule has 1 aromatic heterocycles. The Kier molecular flexibility index (Phi) is 6.73. The number of hydrogen-bond donors (Lipinski definition) is 1. The molecule has 1 N–H and O–H groups in total. The van der Waals surface area contributed by atoms with Gasteiger partial charge in [0.2, 0.25) is 5.91 Å². The van der Waals surface area contributed by atoms with Crippen LogP contribution < -0.4 is 5.32 Å². The average molecular weight is 343 g/mol. The lowest BCUT2D eigenvalue weighted by Crippen LogP contribution is -2.33. The van der Waals surface area contributed by atoms with Gasteiger partial charge in [0.1, 0.15) is 0 Å². The summed E-state index contributed by atoms with van der Waals surface area (Å²) in [5, 5.41) is 2.99. The first-order valence-corrected chi connectivity index (χ1v) is 9.21. The highest BCUT2D eigenvalue weighted by molar-refractivity contribution is 7.12. The molecule has 0 aliphatic rings. The molecule has 0 saturated carbocycles. The molecule has 0 radical (unpaired) electrons. The summed E-state index contributed by atoms with van der Waals surface area (Å²) in [6.45, 7) is 5.96. The van der Waals surface area contributed by atoms with Crippen molar-refractivity contribution in [3.63, 3.8) is 0 Å². The summed E-state index contributed by atoms with van der Waals surface area (Å²) in [6, 6.07) is 12.3. The summed E-state index contributed by atoms with van der Waals surface area (Å²) in [5.74, 6) is 0.0115. The quantitative estimate of drug-likeness (QED) is 0.719. The van der Waals surface area contributed by atoms with E-state index in [2.05, 4.69) is 17.4 Å². The number of aryl methyl sites for hydroxylation is 3. The monoisotopic (exact) mass is 343 g/mol. The van der Waals surface area contributed by atoms with Gasteiger partial charge in [-0.15, -0.1) is 11.3 Å². The normalized spacial score (nSPS) is 12.0. The molecule has 0 spiro atoms. The van der Waals surface area contributed by atoms with Crippen molar-refractivity contribution in [3.05, 3.63) is 57.3 Å². The molecule has 128 valence electrons. The van der Waals surface area contributed by atoms with Crippen LogP contribution in [0.25, 0.3) is 0 Å². The Morgan fingerprint density at radius 2 is 1.83 bits per heavy atom. The smallest absolute Gasteiger partial charge is 0.220 e. The number of Topliss-reactive ketones (excluding diaryl/α,β-unsaturated/α-hetero) is 1. The van der Waals surface area contributed by atoms with Gasteiger partial charge in [-0.3, -0.25) is 9.59 Å². The second-order valence-electron chi connectivity index (χ2n) is 6.24. The minimum Gasteiger partial charge on any atom is -0.354 e.